The van der Waals surface area contributed by atoms with Crippen LogP contribution in [-0.4, -0.2) is 34.0 Å². The van der Waals surface area contributed by atoms with E-state index < -0.39 is 11.6 Å². The van der Waals surface area contributed by atoms with Gasteiger partial charge >= 0.3 is 0 Å². The number of rotatable bonds is 3. The van der Waals surface area contributed by atoms with Gasteiger partial charge in [0.25, 0.3) is 5.91 Å². The first-order valence-corrected chi connectivity index (χ1v) is 8.99. The lowest BCUT2D eigenvalue weighted by Crippen LogP contribution is -2.35. The Morgan fingerprint density at radius 3 is 2.85 bits per heavy atom. The fraction of sp³-hybridized carbons (Fsp3) is 0.526. The molecule has 5 nitrogen and oxygen atoms in total. The minimum atomic E-state index is -1.01. The maximum absolute atomic E-state index is 13.5. The van der Waals surface area contributed by atoms with Gasteiger partial charge in [0.2, 0.25) is 5.89 Å². The second-order valence-electron chi connectivity index (χ2n) is 7.67. The molecule has 1 saturated heterocycles. The monoisotopic (exact) mass is 361 g/mol. The fourth-order valence-electron chi connectivity index (χ4n) is 4.29. The van der Waals surface area contributed by atoms with Gasteiger partial charge in [-0.2, -0.15) is 4.98 Å². The van der Waals surface area contributed by atoms with Crippen LogP contribution in [0.15, 0.2) is 22.7 Å². The van der Waals surface area contributed by atoms with E-state index in [9.17, 15) is 13.6 Å². The van der Waals surface area contributed by atoms with E-state index in [0.717, 1.165) is 31.4 Å². The zero-order chi connectivity index (χ0) is 18.5. The van der Waals surface area contributed by atoms with Crippen LogP contribution in [0.4, 0.5) is 8.78 Å². The van der Waals surface area contributed by atoms with Crippen LogP contribution in [0.25, 0.3) is 0 Å². The van der Waals surface area contributed by atoms with Gasteiger partial charge in [-0.3, -0.25) is 4.79 Å². The van der Waals surface area contributed by atoms with Crippen LogP contribution in [0.5, 0.6) is 0 Å². The van der Waals surface area contributed by atoms with E-state index in [0.29, 0.717) is 24.8 Å². The van der Waals surface area contributed by atoms with Gasteiger partial charge in [0.1, 0.15) is 0 Å². The van der Waals surface area contributed by atoms with Crippen LogP contribution in [0.3, 0.4) is 0 Å². The third-order valence-corrected chi connectivity index (χ3v) is 5.71. The largest absolute Gasteiger partial charge is 0.339 e. The third-order valence-electron chi connectivity index (χ3n) is 5.71. The van der Waals surface area contributed by atoms with Crippen LogP contribution in [-0.2, 0) is 5.41 Å². The summed E-state index contributed by atoms with van der Waals surface area (Å²) < 4.78 is 32.0. The highest BCUT2D eigenvalue weighted by atomic mass is 19.2. The van der Waals surface area contributed by atoms with Gasteiger partial charge in [-0.05, 0) is 37.0 Å². The van der Waals surface area contributed by atoms with Crippen molar-refractivity contribution >= 4 is 5.91 Å². The van der Waals surface area contributed by atoms with Crippen LogP contribution < -0.4 is 0 Å². The summed E-state index contributed by atoms with van der Waals surface area (Å²) in [5.41, 5.74) is -0.139. The first kappa shape index (κ1) is 17.1. The number of aromatic nitrogens is 2. The third kappa shape index (κ3) is 2.61. The number of carbonyl (C=O) groups excluding carboxylic acids is 1. The summed E-state index contributed by atoms with van der Waals surface area (Å²) >= 11 is 0. The molecule has 1 amide bonds. The molecule has 2 heterocycles. The van der Waals surface area contributed by atoms with Crippen LogP contribution in [0.1, 0.15) is 61.1 Å². The van der Waals surface area contributed by atoms with Crippen molar-refractivity contribution in [3.8, 4) is 0 Å². The lowest BCUT2D eigenvalue weighted by molar-refractivity contribution is 0.0776. The molecule has 1 aromatic heterocycles. The van der Waals surface area contributed by atoms with Crippen molar-refractivity contribution in [1.29, 1.82) is 0 Å². The first-order valence-electron chi connectivity index (χ1n) is 8.99. The zero-order valence-electron chi connectivity index (χ0n) is 14.8. The number of benzene rings is 1. The number of carbonyl (C=O) groups is 1. The minimum absolute atomic E-state index is 0.147. The Morgan fingerprint density at radius 1 is 1.35 bits per heavy atom. The molecule has 1 aliphatic carbocycles. The molecule has 2 fully saturated rings. The molecule has 138 valence electrons. The normalized spacial score (nSPS) is 25.1. The highest BCUT2D eigenvalue weighted by Crippen LogP contribution is 2.49. The molecule has 0 bridgehead atoms. The summed E-state index contributed by atoms with van der Waals surface area (Å²) in [6.45, 7) is 5.04. The van der Waals surface area contributed by atoms with Gasteiger partial charge < -0.3 is 9.42 Å². The van der Waals surface area contributed by atoms with E-state index >= 15 is 0 Å². The molecule has 1 aliphatic heterocycles. The summed E-state index contributed by atoms with van der Waals surface area (Å²) in [5.74, 6) is -0.572. The van der Waals surface area contributed by atoms with Crippen molar-refractivity contribution in [2.75, 3.05) is 13.1 Å². The van der Waals surface area contributed by atoms with Crippen molar-refractivity contribution in [2.24, 2.45) is 5.92 Å². The zero-order valence-corrected chi connectivity index (χ0v) is 14.8. The van der Waals surface area contributed by atoms with E-state index in [2.05, 4.69) is 10.1 Å². The van der Waals surface area contributed by atoms with Gasteiger partial charge in [-0.1, -0.05) is 25.4 Å². The van der Waals surface area contributed by atoms with Gasteiger partial charge in [-0.25, -0.2) is 8.78 Å². The Kier molecular flexibility index (Phi) is 4.04. The first-order chi connectivity index (χ1) is 12.4. The summed E-state index contributed by atoms with van der Waals surface area (Å²) in [5, 5.41) is 4.21. The molecule has 1 aromatic carbocycles. The molecule has 0 N–H and O–H groups in total. The lowest BCUT2D eigenvalue weighted by atomic mass is 9.80. The average molecular weight is 361 g/mol. The van der Waals surface area contributed by atoms with E-state index in [1.54, 1.807) is 4.90 Å². The Labute approximate surface area is 150 Å². The number of amides is 1. The fourth-order valence-corrected chi connectivity index (χ4v) is 4.29. The number of hydrogen-bond donors (Lipinski definition) is 0. The van der Waals surface area contributed by atoms with Gasteiger partial charge in [0.05, 0.1) is 5.41 Å². The minimum Gasteiger partial charge on any atom is -0.339 e. The molecule has 2 aromatic rings. The van der Waals surface area contributed by atoms with Crippen molar-refractivity contribution in [3.05, 3.63) is 47.1 Å². The number of likely N-dealkylation sites (tertiary alicyclic amines) is 1. The quantitative estimate of drug-likeness (QED) is 0.837. The molecule has 2 aliphatic rings. The maximum atomic E-state index is 13.5. The van der Waals surface area contributed by atoms with E-state index in [-0.39, 0.29) is 28.7 Å². The molecule has 2 atom stereocenters. The number of nitrogens with zero attached hydrogens (tertiary/aromatic N) is 3. The Morgan fingerprint density at radius 2 is 2.15 bits per heavy atom. The predicted molar refractivity (Wildman–Crippen MR) is 89.7 cm³/mol. The Balaban J connectivity index is 1.61. The summed E-state index contributed by atoms with van der Waals surface area (Å²) in [7, 11) is 0. The van der Waals surface area contributed by atoms with Crippen LogP contribution in [0.2, 0.25) is 0 Å². The molecule has 0 radical (unpaired) electrons. The number of halogens is 2. The summed E-state index contributed by atoms with van der Waals surface area (Å²) in [4.78, 5) is 19.1. The van der Waals surface area contributed by atoms with Crippen LogP contribution in [0, 0.1) is 17.6 Å². The number of hydrogen-bond acceptors (Lipinski definition) is 4. The number of fused-ring (bicyclic) bond motifs is 1. The highest BCUT2D eigenvalue weighted by Gasteiger charge is 2.54. The van der Waals surface area contributed by atoms with Gasteiger partial charge in [-0.15, -0.1) is 0 Å². The highest BCUT2D eigenvalue weighted by molar-refractivity contribution is 5.94. The SMILES string of the molecule is CC(C)c1nc(C23CCCC2CN(C(=O)c2ccc(F)c(F)c2)C3)no1. The van der Waals surface area contributed by atoms with Crippen molar-refractivity contribution < 1.29 is 18.1 Å². The van der Waals surface area contributed by atoms with Crippen LogP contribution >= 0.6 is 0 Å². The van der Waals surface area contributed by atoms with E-state index in [4.69, 9.17) is 4.52 Å². The Bertz CT molecular complexity index is 851. The molecule has 0 spiro atoms. The summed E-state index contributed by atoms with van der Waals surface area (Å²) in [6, 6.07) is 3.28. The molecular weight excluding hydrogens is 340 g/mol. The predicted octanol–water partition coefficient (Wildman–Crippen LogP) is 3.67. The van der Waals surface area contributed by atoms with Crippen molar-refractivity contribution in [3.63, 3.8) is 0 Å². The smallest absolute Gasteiger partial charge is 0.254 e. The molecule has 26 heavy (non-hydrogen) atoms. The van der Waals surface area contributed by atoms with E-state index in [1.165, 1.54) is 6.07 Å². The van der Waals surface area contributed by atoms with Crippen molar-refractivity contribution in [1.82, 2.24) is 15.0 Å². The molecular formula is C19H21F2N3O2. The van der Waals surface area contributed by atoms with Gasteiger partial charge in [0.15, 0.2) is 17.5 Å². The second-order valence-corrected chi connectivity index (χ2v) is 7.67. The van der Waals surface area contributed by atoms with Gasteiger partial charge in [0, 0.05) is 24.6 Å². The topological polar surface area (TPSA) is 59.2 Å². The van der Waals surface area contributed by atoms with E-state index in [1.807, 2.05) is 13.8 Å². The lowest BCUT2D eigenvalue weighted by Gasteiger charge is -2.24. The molecule has 2 unspecified atom stereocenters. The Hall–Kier alpha value is -2.31. The second kappa shape index (κ2) is 6.14. The average Bonchev–Trinajstić information content (AvgIpc) is 3.29. The molecule has 1 saturated carbocycles. The summed E-state index contributed by atoms with van der Waals surface area (Å²) in [6.07, 6.45) is 2.95. The molecule has 4 rings (SSSR count). The standard InChI is InChI=1S/C19H21F2N3O2/c1-11(2)16-22-18(23-26-16)19-7-3-4-13(19)9-24(10-19)17(25)12-5-6-14(20)15(21)8-12/h5-6,8,11,13H,3-4,7,9-10H2,1-2H3. The molecule has 7 heteroatoms. The van der Waals surface area contributed by atoms with Crippen molar-refractivity contribution in [2.45, 2.75) is 44.4 Å². The maximum Gasteiger partial charge on any atom is 0.254 e.